The zero-order valence-electron chi connectivity index (χ0n) is 14.1. The van der Waals surface area contributed by atoms with Gasteiger partial charge in [0.25, 0.3) is 0 Å². The van der Waals surface area contributed by atoms with Crippen LogP contribution in [0.15, 0.2) is 54.9 Å². The van der Waals surface area contributed by atoms with Gasteiger partial charge >= 0.3 is 0 Å². The first-order valence-electron chi connectivity index (χ1n) is 8.50. The van der Waals surface area contributed by atoms with Crippen molar-refractivity contribution in [2.45, 2.75) is 19.4 Å². The van der Waals surface area contributed by atoms with E-state index in [2.05, 4.69) is 15.5 Å². The van der Waals surface area contributed by atoms with Crippen LogP contribution in [0.3, 0.4) is 0 Å². The zero-order chi connectivity index (χ0) is 17.9. The molecule has 1 amide bonds. The number of aromatic nitrogens is 4. The summed E-state index contributed by atoms with van der Waals surface area (Å²) in [6, 6.07) is 12.2. The predicted octanol–water partition coefficient (Wildman–Crippen LogP) is 2.57. The van der Waals surface area contributed by atoms with E-state index in [0.717, 1.165) is 35.2 Å². The Morgan fingerprint density at radius 1 is 1.12 bits per heavy atom. The number of nitrogens with one attached hydrogen (secondary N) is 1. The minimum absolute atomic E-state index is 0.0992. The minimum Gasteiger partial charge on any atom is -0.355 e. The normalized spacial score (nSPS) is 11.3. The second kappa shape index (κ2) is 6.95. The van der Waals surface area contributed by atoms with Gasteiger partial charge in [0, 0.05) is 25.4 Å². The van der Waals surface area contributed by atoms with Crippen LogP contribution >= 0.6 is 0 Å². The van der Waals surface area contributed by atoms with Crippen molar-refractivity contribution in [2.75, 3.05) is 6.54 Å². The number of nitrogens with zero attached hydrogens (tertiary/aromatic N) is 4. The van der Waals surface area contributed by atoms with Crippen LogP contribution in [0.4, 0.5) is 4.39 Å². The van der Waals surface area contributed by atoms with Crippen LogP contribution in [0.2, 0.25) is 0 Å². The number of fused-ring (bicyclic) bond motifs is 2. The van der Waals surface area contributed by atoms with Crippen molar-refractivity contribution in [2.24, 2.45) is 0 Å². The maximum Gasteiger partial charge on any atom is 0.239 e. The summed E-state index contributed by atoms with van der Waals surface area (Å²) in [5.41, 5.74) is 1.54. The van der Waals surface area contributed by atoms with E-state index in [1.165, 1.54) is 12.1 Å². The first kappa shape index (κ1) is 16.3. The van der Waals surface area contributed by atoms with Crippen LogP contribution in [0.1, 0.15) is 12.2 Å². The van der Waals surface area contributed by atoms with E-state index in [0.29, 0.717) is 6.54 Å². The van der Waals surface area contributed by atoms with Gasteiger partial charge in [-0.1, -0.05) is 6.07 Å². The van der Waals surface area contributed by atoms with E-state index in [9.17, 15) is 9.18 Å². The minimum atomic E-state index is -0.307. The number of carbonyl (C=O) groups is 1. The molecule has 0 unspecified atom stereocenters. The molecular formula is C19H18FN5O. The summed E-state index contributed by atoms with van der Waals surface area (Å²) in [6.07, 6.45) is 5.22. The van der Waals surface area contributed by atoms with Crippen molar-refractivity contribution < 1.29 is 9.18 Å². The molecule has 0 atom stereocenters. The van der Waals surface area contributed by atoms with Crippen molar-refractivity contribution in [1.82, 2.24) is 24.5 Å². The number of halogens is 1. The van der Waals surface area contributed by atoms with Crippen LogP contribution in [0.5, 0.6) is 0 Å². The van der Waals surface area contributed by atoms with Crippen molar-refractivity contribution in [3.63, 3.8) is 0 Å². The van der Waals surface area contributed by atoms with E-state index in [-0.39, 0.29) is 18.3 Å². The van der Waals surface area contributed by atoms with Crippen LogP contribution < -0.4 is 5.32 Å². The molecule has 4 rings (SSSR count). The van der Waals surface area contributed by atoms with Crippen molar-refractivity contribution >= 4 is 22.5 Å². The summed E-state index contributed by atoms with van der Waals surface area (Å²) in [5.74, 6) is 0.470. The molecule has 0 bridgehead atoms. The molecule has 4 aromatic rings. The standard InChI is InChI=1S/C19H18FN5O/c20-15-7-6-14-8-11-24(16(14)12-15)13-19(26)21-9-3-5-18-23-22-17-4-1-2-10-25(17)18/h1-2,4,6-8,10-12H,3,5,9,13H2,(H,21,26). The zero-order valence-corrected chi connectivity index (χ0v) is 14.1. The van der Waals surface area contributed by atoms with E-state index >= 15 is 0 Å². The lowest BCUT2D eigenvalue weighted by Crippen LogP contribution is -2.28. The highest BCUT2D eigenvalue weighted by molar-refractivity contribution is 5.83. The summed E-state index contributed by atoms with van der Waals surface area (Å²) in [5, 5.41) is 12.1. The van der Waals surface area contributed by atoms with Crippen LogP contribution in [0, 0.1) is 5.82 Å². The maximum absolute atomic E-state index is 13.4. The Bertz CT molecular complexity index is 1070. The fourth-order valence-corrected chi connectivity index (χ4v) is 3.04. The smallest absolute Gasteiger partial charge is 0.239 e. The first-order chi connectivity index (χ1) is 12.7. The molecule has 0 spiro atoms. The maximum atomic E-state index is 13.4. The van der Waals surface area contributed by atoms with Gasteiger partial charge in [0.15, 0.2) is 5.65 Å². The Morgan fingerprint density at radius 3 is 2.96 bits per heavy atom. The fourth-order valence-electron chi connectivity index (χ4n) is 3.04. The Morgan fingerprint density at radius 2 is 2.04 bits per heavy atom. The third-order valence-electron chi connectivity index (χ3n) is 4.33. The van der Waals surface area contributed by atoms with E-state index in [1.807, 2.05) is 34.9 Å². The number of amides is 1. The molecule has 1 aromatic carbocycles. The SMILES string of the molecule is O=C(Cn1ccc2ccc(F)cc21)NCCCc1nnc2ccccn12. The molecule has 0 aliphatic heterocycles. The second-order valence-corrected chi connectivity index (χ2v) is 6.15. The molecule has 132 valence electrons. The number of rotatable bonds is 6. The summed E-state index contributed by atoms with van der Waals surface area (Å²) in [4.78, 5) is 12.2. The topological polar surface area (TPSA) is 64.2 Å². The van der Waals surface area contributed by atoms with Crippen LogP contribution in [-0.4, -0.2) is 31.6 Å². The number of pyridine rings is 1. The molecule has 7 heteroatoms. The molecule has 0 saturated carbocycles. The average Bonchev–Trinajstić information content (AvgIpc) is 3.23. The summed E-state index contributed by atoms with van der Waals surface area (Å²) in [7, 11) is 0. The fraction of sp³-hybridized carbons (Fsp3) is 0.211. The number of aryl methyl sites for hydroxylation is 1. The number of carbonyl (C=O) groups excluding carboxylic acids is 1. The van der Waals surface area contributed by atoms with Gasteiger partial charge in [-0.15, -0.1) is 10.2 Å². The largest absolute Gasteiger partial charge is 0.355 e. The monoisotopic (exact) mass is 351 g/mol. The molecule has 0 radical (unpaired) electrons. The Kier molecular flexibility index (Phi) is 4.35. The van der Waals surface area contributed by atoms with E-state index in [1.54, 1.807) is 16.8 Å². The Balaban J connectivity index is 1.30. The molecule has 0 saturated heterocycles. The van der Waals surface area contributed by atoms with Gasteiger partial charge in [0.2, 0.25) is 5.91 Å². The number of hydrogen-bond donors (Lipinski definition) is 1. The van der Waals surface area contributed by atoms with E-state index in [4.69, 9.17) is 0 Å². The lowest BCUT2D eigenvalue weighted by Gasteiger charge is -2.07. The van der Waals surface area contributed by atoms with Gasteiger partial charge in [-0.3, -0.25) is 9.20 Å². The van der Waals surface area contributed by atoms with Crippen LogP contribution in [-0.2, 0) is 17.8 Å². The van der Waals surface area contributed by atoms with E-state index < -0.39 is 0 Å². The molecule has 3 heterocycles. The van der Waals surface area contributed by atoms with Gasteiger partial charge in [0.1, 0.15) is 18.2 Å². The summed E-state index contributed by atoms with van der Waals surface area (Å²) < 4.78 is 17.1. The molecular weight excluding hydrogens is 333 g/mol. The lowest BCUT2D eigenvalue weighted by molar-refractivity contribution is -0.121. The second-order valence-electron chi connectivity index (χ2n) is 6.15. The van der Waals surface area contributed by atoms with Gasteiger partial charge in [-0.25, -0.2) is 4.39 Å². The number of benzene rings is 1. The van der Waals surface area contributed by atoms with Gasteiger partial charge < -0.3 is 9.88 Å². The lowest BCUT2D eigenvalue weighted by atomic mass is 10.2. The molecule has 0 fully saturated rings. The average molecular weight is 351 g/mol. The van der Waals surface area contributed by atoms with Crippen molar-refractivity contribution in [3.8, 4) is 0 Å². The van der Waals surface area contributed by atoms with Gasteiger partial charge in [-0.05, 0) is 48.2 Å². The highest BCUT2D eigenvalue weighted by Gasteiger charge is 2.08. The summed E-state index contributed by atoms with van der Waals surface area (Å²) in [6.45, 7) is 0.717. The molecule has 26 heavy (non-hydrogen) atoms. The van der Waals surface area contributed by atoms with Crippen molar-refractivity contribution in [1.29, 1.82) is 0 Å². The first-order valence-corrected chi connectivity index (χ1v) is 8.50. The predicted molar refractivity (Wildman–Crippen MR) is 96.2 cm³/mol. The quantitative estimate of drug-likeness (QED) is 0.543. The molecule has 6 nitrogen and oxygen atoms in total. The van der Waals surface area contributed by atoms with Crippen molar-refractivity contribution in [3.05, 3.63) is 66.5 Å². The molecule has 1 N–H and O–H groups in total. The molecule has 0 aliphatic rings. The Hall–Kier alpha value is -3.22. The number of hydrogen-bond acceptors (Lipinski definition) is 3. The highest BCUT2D eigenvalue weighted by atomic mass is 19.1. The van der Waals surface area contributed by atoms with Gasteiger partial charge in [-0.2, -0.15) is 0 Å². The van der Waals surface area contributed by atoms with Crippen LogP contribution in [0.25, 0.3) is 16.6 Å². The highest BCUT2D eigenvalue weighted by Crippen LogP contribution is 2.16. The molecule has 3 aromatic heterocycles. The van der Waals surface area contributed by atoms with Gasteiger partial charge in [0.05, 0.1) is 5.52 Å². The summed E-state index contributed by atoms with van der Waals surface area (Å²) >= 11 is 0. The molecule has 0 aliphatic carbocycles. The Labute approximate surface area is 149 Å². The third-order valence-corrected chi connectivity index (χ3v) is 4.33. The third kappa shape index (κ3) is 3.28.